The van der Waals surface area contributed by atoms with Crippen molar-refractivity contribution >= 4 is 32.3 Å². The first-order valence-electron chi connectivity index (χ1n) is 22.0. The quantitative estimate of drug-likeness (QED) is 0.140. The van der Waals surface area contributed by atoms with E-state index in [9.17, 15) is 0 Å². The third kappa shape index (κ3) is 6.34. The molecule has 12 nitrogen and oxygen atoms in total. The summed E-state index contributed by atoms with van der Waals surface area (Å²) in [6.45, 7) is 6.16. The Morgan fingerprint density at radius 1 is 0.350 bits per heavy atom. The highest BCUT2D eigenvalue weighted by atomic mass is 16.5. The molecule has 4 aliphatic rings. The monoisotopic (exact) mass is 802 g/mol. The molecule has 12 heteroatoms. The molecular weight excluding hydrogens is 753 g/mol. The summed E-state index contributed by atoms with van der Waals surface area (Å²) in [6, 6.07) is 15.5. The molecule has 4 aromatic heterocycles. The molecule has 4 aliphatic heterocycles. The molecule has 4 fully saturated rings. The minimum Gasteiger partial charge on any atom is -0.381 e. The molecule has 0 bridgehead atoms. The normalized spacial score (nSPS) is 19.4. The number of nitrogens with zero attached hydrogens (tertiary/aromatic N) is 8. The maximum absolute atomic E-state index is 5.72. The summed E-state index contributed by atoms with van der Waals surface area (Å²) < 4.78 is 31.5. The lowest BCUT2D eigenvalue weighted by atomic mass is 9.83. The first kappa shape index (κ1) is 36.5. The van der Waals surface area contributed by atoms with Crippen molar-refractivity contribution in [2.75, 3.05) is 52.9 Å². The van der Waals surface area contributed by atoms with Crippen LogP contribution in [0.2, 0.25) is 0 Å². The van der Waals surface area contributed by atoms with Gasteiger partial charge in [0.15, 0.2) is 0 Å². The van der Waals surface area contributed by atoms with E-state index in [1.165, 1.54) is 54.6 Å². The van der Waals surface area contributed by atoms with Gasteiger partial charge in [-0.05, 0) is 118 Å². The van der Waals surface area contributed by atoms with Crippen molar-refractivity contribution < 1.29 is 18.9 Å². The van der Waals surface area contributed by atoms with Crippen LogP contribution >= 0.6 is 0 Å². The van der Waals surface area contributed by atoms with Gasteiger partial charge in [0.25, 0.3) is 0 Å². The van der Waals surface area contributed by atoms with Gasteiger partial charge in [-0.1, -0.05) is 24.3 Å². The van der Waals surface area contributed by atoms with Gasteiger partial charge < -0.3 is 18.9 Å². The van der Waals surface area contributed by atoms with Gasteiger partial charge in [-0.2, -0.15) is 20.4 Å². The Kier molecular flexibility index (Phi) is 9.27. The van der Waals surface area contributed by atoms with E-state index in [-0.39, 0.29) is 0 Å². The second-order valence-electron chi connectivity index (χ2n) is 17.2. The van der Waals surface area contributed by atoms with Crippen LogP contribution in [0.3, 0.4) is 0 Å². The molecule has 0 unspecified atom stereocenters. The van der Waals surface area contributed by atoms with E-state index in [1.54, 1.807) is 0 Å². The van der Waals surface area contributed by atoms with E-state index in [2.05, 4.69) is 105 Å². The van der Waals surface area contributed by atoms with Crippen molar-refractivity contribution in [3.63, 3.8) is 0 Å². The number of rotatable bonds is 8. The summed E-state index contributed by atoms with van der Waals surface area (Å²) in [5.41, 5.74) is 9.18. The standard InChI is InChI=1S/C48H50N8O4/c1-2-40-44(32-24-50-54(28-32)36-7-15-58-16-8-36)22-46(34-26-52-56(30-34)38-11-19-60-20-12-38)42-4-3-41-45(33-25-51-55(29-33)37-9-17-59-18-10-37)21-43(39(1)47(41)48(40)42)31-23-49-53(27-31)35-5-13-57-14-6-35/h1-4,21-30,35-38H,5-20H2. The second kappa shape index (κ2) is 15.3. The molecular formula is C48H50N8O4. The van der Waals surface area contributed by atoms with Crippen molar-refractivity contribution in [2.24, 2.45) is 0 Å². The van der Waals surface area contributed by atoms with Gasteiger partial charge in [0.1, 0.15) is 0 Å². The fourth-order valence-electron chi connectivity index (χ4n) is 10.5. The maximum Gasteiger partial charge on any atom is 0.0568 e. The highest BCUT2D eigenvalue weighted by Crippen LogP contribution is 2.49. The molecule has 0 amide bonds. The van der Waals surface area contributed by atoms with E-state index < -0.39 is 0 Å². The van der Waals surface area contributed by atoms with Crippen LogP contribution in [-0.2, 0) is 18.9 Å². The molecule has 4 saturated heterocycles. The van der Waals surface area contributed by atoms with Crippen LogP contribution in [0.4, 0.5) is 0 Å². The lowest BCUT2D eigenvalue weighted by Gasteiger charge is -2.23. The Labute approximate surface area is 348 Å². The van der Waals surface area contributed by atoms with Crippen LogP contribution in [0.25, 0.3) is 76.8 Å². The summed E-state index contributed by atoms with van der Waals surface area (Å²) in [5.74, 6) is 0. The van der Waals surface area contributed by atoms with Crippen molar-refractivity contribution in [2.45, 2.75) is 75.5 Å². The first-order valence-corrected chi connectivity index (χ1v) is 22.0. The fourth-order valence-corrected chi connectivity index (χ4v) is 10.5. The van der Waals surface area contributed by atoms with Crippen molar-refractivity contribution in [3.05, 3.63) is 86.0 Å². The smallest absolute Gasteiger partial charge is 0.0568 e. The van der Waals surface area contributed by atoms with Crippen LogP contribution in [0.15, 0.2) is 86.0 Å². The SMILES string of the molecule is c1nn(C2CCOCC2)cc1-c1cc(-c2cnn(C3CCOCC3)c2)c2ccc3c(-c4cnn(C5CCOCC5)c4)cc(-c4cnn(C5CCOCC5)c4)c4ccc1c2c43. The lowest BCUT2D eigenvalue weighted by Crippen LogP contribution is -2.19. The molecule has 306 valence electrons. The van der Waals surface area contributed by atoms with E-state index in [4.69, 9.17) is 39.3 Å². The number of hydrogen-bond donors (Lipinski definition) is 0. The van der Waals surface area contributed by atoms with Gasteiger partial charge >= 0.3 is 0 Å². The Morgan fingerprint density at radius 2 is 0.583 bits per heavy atom. The Morgan fingerprint density at radius 3 is 0.817 bits per heavy atom. The molecule has 12 rings (SSSR count). The third-order valence-electron chi connectivity index (χ3n) is 13.8. The minimum absolute atomic E-state index is 0.332. The zero-order chi connectivity index (χ0) is 39.6. The van der Waals surface area contributed by atoms with Gasteiger partial charge in [0.05, 0.1) is 49.0 Å². The Bertz CT molecular complexity index is 2420. The molecule has 8 aromatic rings. The van der Waals surface area contributed by atoms with Crippen LogP contribution in [0.1, 0.15) is 75.5 Å². The molecule has 0 saturated carbocycles. The molecule has 0 atom stereocenters. The maximum atomic E-state index is 5.72. The van der Waals surface area contributed by atoms with Gasteiger partial charge in [0, 0.05) is 99.9 Å². The topological polar surface area (TPSA) is 108 Å². The number of ether oxygens (including phenoxy) is 4. The van der Waals surface area contributed by atoms with E-state index in [0.717, 1.165) is 126 Å². The third-order valence-corrected chi connectivity index (χ3v) is 13.8. The van der Waals surface area contributed by atoms with Gasteiger partial charge in [-0.25, -0.2) is 0 Å². The number of benzene rings is 4. The van der Waals surface area contributed by atoms with Crippen molar-refractivity contribution in [1.29, 1.82) is 0 Å². The predicted molar refractivity (Wildman–Crippen MR) is 231 cm³/mol. The number of aromatic nitrogens is 8. The summed E-state index contributed by atoms with van der Waals surface area (Å²) in [5, 5.41) is 27.3. The van der Waals surface area contributed by atoms with Crippen molar-refractivity contribution in [3.8, 4) is 44.5 Å². The Hall–Kier alpha value is -5.40. The molecule has 0 spiro atoms. The molecule has 0 N–H and O–H groups in total. The summed E-state index contributed by atoms with van der Waals surface area (Å²) >= 11 is 0. The largest absolute Gasteiger partial charge is 0.381 e. The van der Waals surface area contributed by atoms with E-state index in [1.807, 2.05) is 0 Å². The van der Waals surface area contributed by atoms with E-state index in [0.29, 0.717) is 24.2 Å². The lowest BCUT2D eigenvalue weighted by molar-refractivity contribution is 0.0661. The van der Waals surface area contributed by atoms with Crippen LogP contribution < -0.4 is 0 Å². The van der Waals surface area contributed by atoms with Crippen LogP contribution in [0, 0.1) is 0 Å². The van der Waals surface area contributed by atoms with Crippen LogP contribution in [-0.4, -0.2) is 92.0 Å². The molecule has 4 aromatic carbocycles. The molecule has 8 heterocycles. The highest BCUT2D eigenvalue weighted by Gasteiger charge is 2.26. The van der Waals surface area contributed by atoms with Gasteiger partial charge in [-0.15, -0.1) is 0 Å². The average Bonchev–Trinajstić information content (AvgIpc) is 4.17. The second-order valence-corrected chi connectivity index (χ2v) is 17.2. The molecule has 0 radical (unpaired) electrons. The zero-order valence-electron chi connectivity index (χ0n) is 33.9. The molecule has 60 heavy (non-hydrogen) atoms. The average molecular weight is 803 g/mol. The summed E-state index contributed by atoms with van der Waals surface area (Å²) in [4.78, 5) is 0. The van der Waals surface area contributed by atoms with Gasteiger partial charge in [-0.3, -0.25) is 18.7 Å². The molecule has 0 aliphatic carbocycles. The predicted octanol–water partition coefficient (Wildman–Crippen LogP) is 9.44. The minimum atomic E-state index is 0.332. The van der Waals surface area contributed by atoms with Crippen LogP contribution in [0.5, 0.6) is 0 Å². The highest BCUT2D eigenvalue weighted by molar-refractivity contribution is 6.31. The van der Waals surface area contributed by atoms with Gasteiger partial charge in [0.2, 0.25) is 0 Å². The van der Waals surface area contributed by atoms with Crippen molar-refractivity contribution in [1.82, 2.24) is 39.1 Å². The number of hydrogen-bond acceptors (Lipinski definition) is 8. The fraction of sp³-hybridized carbons (Fsp3) is 0.417. The van der Waals surface area contributed by atoms with E-state index >= 15 is 0 Å². The Balaban J connectivity index is 1.09. The summed E-state index contributed by atoms with van der Waals surface area (Å²) in [7, 11) is 0. The first-order chi connectivity index (χ1) is 29.7. The summed E-state index contributed by atoms with van der Waals surface area (Å²) in [6.07, 6.45) is 25.0. The zero-order valence-corrected chi connectivity index (χ0v) is 33.9.